The molecule has 0 aliphatic carbocycles. The Bertz CT molecular complexity index is 770. The third-order valence-electron chi connectivity index (χ3n) is 4.15. The Kier molecular flexibility index (Phi) is 8.37. The quantitative estimate of drug-likeness (QED) is 0.274. The summed E-state index contributed by atoms with van der Waals surface area (Å²) in [6, 6.07) is 26.8. The molecule has 0 aliphatic rings. The SMILES string of the molecule is CCP(c1cc2ccccc2[cH-]1)c1cc2ccccc2[cH-]1.[Cl-].[Cl-].[Zr+4]. The molecule has 24 heavy (non-hydrogen) atoms. The number of hydrogen-bond acceptors (Lipinski definition) is 0. The molecule has 0 N–H and O–H groups in total. The zero-order valence-electron chi connectivity index (χ0n) is 13.3. The minimum absolute atomic E-state index is 0. The molecule has 120 valence electrons. The first-order chi connectivity index (χ1) is 10.3. The Morgan fingerprint density at radius 1 is 0.750 bits per heavy atom. The monoisotopic (exact) mass is 448 g/mol. The van der Waals surface area contributed by atoms with Crippen LogP contribution >= 0.6 is 7.92 Å². The average Bonchev–Trinajstić information content (AvgIpc) is 3.11. The summed E-state index contributed by atoms with van der Waals surface area (Å²) in [7, 11) is -0.242. The summed E-state index contributed by atoms with van der Waals surface area (Å²) in [5.74, 6) is 0. The molecule has 4 heteroatoms. The van der Waals surface area contributed by atoms with Crippen molar-refractivity contribution in [2.45, 2.75) is 6.92 Å². The zero-order valence-corrected chi connectivity index (χ0v) is 18.2. The number of benzene rings is 2. The molecule has 0 amide bonds. The molecule has 0 atom stereocenters. The van der Waals surface area contributed by atoms with Gasteiger partial charge in [-0.1, -0.05) is 27.0 Å². The van der Waals surface area contributed by atoms with Gasteiger partial charge < -0.3 is 24.8 Å². The molecule has 0 bridgehead atoms. The minimum Gasteiger partial charge on any atom is -1.00 e. The summed E-state index contributed by atoms with van der Waals surface area (Å²) >= 11 is 0. The summed E-state index contributed by atoms with van der Waals surface area (Å²) < 4.78 is 0. The standard InChI is InChI=1S/C20H17P.2ClH.Zr/c1-2-21(19-11-15-7-3-4-8-16(15)12-19)20-13-17-9-5-6-10-18(17)14-20;;;/h3-14H,2H2,1H3;2*1H;/q-2;;;+4/p-2. The number of halogens is 2. The van der Waals surface area contributed by atoms with Crippen LogP contribution in [0.25, 0.3) is 21.5 Å². The molecule has 0 saturated carbocycles. The largest absolute Gasteiger partial charge is 4.00 e. The van der Waals surface area contributed by atoms with Gasteiger partial charge in [-0.15, -0.1) is 80.7 Å². The van der Waals surface area contributed by atoms with Crippen molar-refractivity contribution in [2.24, 2.45) is 0 Å². The molecule has 0 unspecified atom stereocenters. The van der Waals surface area contributed by atoms with Gasteiger partial charge in [0.1, 0.15) is 0 Å². The van der Waals surface area contributed by atoms with Crippen molar-refractivity contribution in [1.29, 1.82) is 0 Å². The summed E-state index contributed by atoms with van der Waals surface area (Å²) in [6.07, 6.45) is 1.20. The van der Waals surface area contributed by atoms with Crippen LogP contribution < -0.4 is 35.4 Å². The summed E-state index contributed by atoms with van der Waals surface area (Å²) in [4.78, 5) is 0. The normalized spacial score (nSPS) is 10.2. The van der Waals surface area contributed by atoms with Gasteiger partial charge in [-0.25, -0.2) is 0 Å². The van der Waals surface area contributed by atoms with E-state index in [2.05, 4.69) is 79.7 Å². The second-order valence-corrected chi connectivity index (χ2v) is 7.95. The van der Waals surface area contributed by atoms with Crippen LogP contribution in [0.3, 0.4) is 0 Å². The van der Waals surface area contributed by atoms with Crippen LogP contribution in [0, 0.1) is 0 Å². The smallest absolute Gasteiger partial charge is 1.00 e. The van der Waals surface area contributed by atoms with Gasteiger partial charge >= 0.3 is 26.2 Å². The third-order valence-corrected chi connectivity index (χ3v) is 6.54. The first kappa shape index (κ1) is 21.6. The van der Waals surface area contributed by atoms with Gasteiger partial charge in [0.2, 0.25) is 0 Å². The maximum atomic E-state index is 2.38. The molecule has 0 nitrogen and oxygen atoms in total. The maximum Gasteiger partial charge on any atom is 4.00 e. The van der Waals surface area contributed by atoms with E-state index in [-0.39, 0.29) is 58.9 Å². The van der Waals surface area contributed by atoms with Crippen LogP contribution in [0.4, 0.5) is 0 Å². The number of hydrogen-bond donors (Lipinski definition) is 0. The van der Waals surface area contributed by atoms with Crippen LogP contribution in [0.1, 0.15) is 6.92 Å². The van der Waals surface area contributed by atoms with Gasteiger partial charge in [0.15, 0.2) is 0 Å². The van der Waals surface area contributed by atoms with Crippen LogP contribution in [0.5, 0.6) is 0 Å². The van der Waals surface area contributed by atoms with Gasteiger partial charge in [-0.05, 0) is 6.16 Å². The first-order valence-electron chi connectivity index (χ1n) is 7.43. The van der Waals surface area contributed by atoms with E-state index >= 15 is 0 Å². The van der Waals surface area contributed by atoms with E-state index in [1.54, 1.807) is 0 Å². The predicted molar refractivity (Wildman–Crippen MR) is 95.8 cm³/mol. The third kappa shape index (κ3) is 4.03. The molecule has 4 aromatic rings. The van der Waals surface area contributed by atoms with Crippen molar-refractivity contribution in [3.63, 3.8) is 0 Å². The number of fused-ring (bicyclic) bond motifs is 2. The van der Waals surface area contributed by atoms with Gasteiger partial charge in [0, 0.05) is 0 Å². The van der Waals surface area contributed by atoms with Crippen molar-refractivity contribution in [3.8, 4) is 0 Å². The van der Waals surface area contributed by atoms with E-state index < -0.39 is 0 Å². The van der Waals surface area contributed by atoms with Gasteiger partial charge in [-0.2, -0.15) is 12.1 Å². The molecule has 0 radical (unpaired) electrons. The van der Waals surface area contributed by atoms with Crippen LogP contribution in [-0.4, -0.2) is 6.16 Å². The second-order valence-electron chi connectivity index (χ2n) is 5.43. The number of rotatable bonds is 3. The summed E-state index contributed by atoms with van der Waals surface area (Å²) in [5.41, 5.74) is 0. The molecular formula is C20H17Cl2PZr. The Morgan fingerprint density at radius 2 is 1.17 bits per heavy atom. The zero-order chi connectivity index (χ0) is 14.2. The van der Waals surface area contributed by atoms with Crippen molar-refractivity contribution in [2.75, 3.05) is 6.16 Å². The van der Waals surface area contributed by atoms with E-state index in [1.807, 2.05) is 0 Å². The van der Waals surface area contributed by atoms with Crippen LogP contribution in [0.2, 0.25) is 0 Å². The van der Waals surface area contributed by atoms with E-state index in [9.17, 15) is 0 Å². The molecule has 4 rings (SSSR count). The topological polar surface area (TPSA) is 0 Å². The summed E-state index contributed by atoms with van der Waals surface area (Å²) in [6.45, 7) is 2.31. The molecule has 0 saturated heterocycles. The fraction of sp³-hybridized carbons (Fsp3) is 0.100. The Labute approximate surface area is 176 Å². The molecule has 0 spiro atoms. The first-order valence-corrected chi connectivity index (χ1v) is 8.96. The van der Waals surface area contributed by atoms with E-state index in [0.717, 1.165) is 0 Å². The minimum atomic E-state index is -0.242. The second kappa shape index (κ2) is 9.31. The maximum absolute atomic E-state index is 2.38. The molecular weight excluding hydrogens is 433 g/mol. The van der Waals surface area contributed by atoms with Gasteiger partial charge in [-0.3, -0.25) is 0 Å². The van der Waals surface area contributed by atoms with Crippen LogP contribution in [0.15, 0.2) is 72.8 Å². The predicted octanol–water partition coefficient (Wildman–Crippen LogP) is -1.11. The van der Waals surface area contributed by atoms with E-state index in [4.69, 9.17) is 0 Å². The summed E-state index contributed by atoms with van der Waals surface area (Å²) in [5, 5.41) is 8.47. The molecule has 0 fully saturated rings. The molecule has 0 aromatic heterocycles. The van der Waals surface area contributed by atoms with Crippen molar-refractivity contribution >= 4 is 40.1 Å². The average molecular weight is 450 g/mol. The Hall–Kier alpha value is -0.447. The van der Waals surface area contributed by atoms with E-state index in [0.29, 0.717) is 0 Å². The van der Waals surface area contributed by atoms with E-state index in [1.165, 1.54) is 38.3 Å². The molecule has 0 heterocycles. The van der Waals surface area contributed by atoms with Crippen molar-refractivity contribution in [3.05, 3.63) is 72.8 Å². The van der Waals surface area contributed by atoms with Crippen molar-refractivity contribution in [1.82, 2.24) is 0 Å². The van der Waals surface area contributed by atoms with Crippen molar-refractivity contribution < 1.29 is 51.0 Å². The van der Waals surface area contributed by atoms with Gasteiger partial charge in [0.25, 0.3) is 0 Å². The Balaban J connectivity index is 0.000000960. The van der Waals surface area contributed by atoms with Crippen LogP contribution in [-0.2, 0) is 26.2 Å². The fourth-order valence-corrected chi connectivity index (χ4v) is 5.30. The molecule has 4 aromatic carbocycles. The Morgan fingerprint density at radius 3 is 1.54 bits per heavy atom. The molecule has 0 aliphatic heterocycles. The van der Waals surface area contributed by atoms with Gasteiger partial charge in [0.05, 0.1) is 0 Å². The fourth-order valence-electron chi connectivity index (χ4n) is 3.09.